The topological polar surface area (TPSA) is 118 Å². The lowest BCUT2D eigenvalue weighted by atomic mass is 9.98. The molecule has 160 valence electrons. The Labute approximate surface area is 176 Å². The van der Waals surface area contributed by atoms with Crippen molar-refractivity contribution in [3.63, 3.8) is 0 Å². The second-order valence-corrected chi connectivity index (χ2v) is 10.5. The predicted molar refractivity (Wildman–Crippen MR) is 113 cm³/mol. The largest absolute Gasteiger partial charge is 0.748 e. The third kappa shape index (κ3) is 4.86. The van der Waals surface area contributed by atoms with Crippen molar-refractivity contribution in [2.75, 3.05) is 5.75 Å². The third-order valence-electron chi connectivity index (χ3n) is 4.78. The number of allylic oxidation sites excluding steroid dienone is 1. The normalized spacial score (nSPS) is 12.4. The van der Waals surface area contributed by atoms with Crippen molar-refractivity contribution in [3.05, 3.63) is 53.1 Å². The molecule has 0 spiro atoms. The van der Waals surface area contributed by atoms with E-state index in [2.05, 4.69) is 0 Å². The predicted octanol–water partition coefficient (Wildman–Crippen LogP) is 2.85. The van der Waals surface area contributed by atoms with Crippen molar-refractivity contribution < 1.29 is 30.5 Å². The second-order valence-electron chi connectivity index (χ2n) is 7.56. The molecule has 0 aliphatic rings. The highest BCUT2D eigenvalue weighted by Crippen LogP contribution is 2.30. The minimum Gasteiger partial charge on any atom is -0.748 e. The lowest BCUT2D eigenvalue weighted by Gasteiger charge is -2.14. The van der Waals surface area contributed by atoms with Gasteiger partial charge in [-0.15, -0.1) is 0 Å². The summed E-state index contributed by atoms with van der Waals surface area (Å²) in [5.41, 5.74) is 4.23. The van der Waals surface area contributed by atoms with Crippen LogP contribution in [0.15, 0.2) is 46.9 Å². The second kappa shape index (κ2) is 8.07. The molecular weight excluding hydrogens is 426 g/mol. The summed E-state index contributed by atoms with van der Waals surface area (Å²) >= 11 is 0. The fourth-order valence-electron chi connectivity index (χ4n) is 3.58. The molecule has 30 heavy (non-hydrogen) atoms. The van der Waals surface area contributed by atoms with Gasteiger partial charge < -0.3 is 9.11 Å². The Morgan fingerprint density at radius 2 is 1.57 bits per heavy atom. The van der Waals surface area contributed by atoms with E-state index < -0.39 is 26.0 Å². The fraction of sp³-hybridized carbons (Fsp3) is 0.286. The summed E-state index contributed by atoms with van der Waals surface area (Å²) in [6, 6.07) is 9.96. The van der Waals surface area contributed by atoms with Crippen LogP contribution in [-0.2, 0) is 26.8 Å². The summed E-state index contributed by atoms with van der Waals surface area (Å²) in [6.45, 7) is 6.02. The molecule has 1 heterocycles. The van der Waals surface area contributed by atoms with Crippen molar-refractivity contribution in [1.29, 1.82) is 0 Å². The Morgan fingerprint density at radius 1 is 0.967 bits per heavy atom. The number of aryl methyl sites for hydroxylation is 2. The molecule has 0 aliphatic heterocycles. The van der Waals surface area contributed by atoms with Crippen LogP contribution in [0.3, 0.4) is 0 Å². The summed E-state index contributed by atoms with van der Waals surface area (Å²) in [5.74, 6) is -0.502. The molecule has 0 aliphatic carbocycles. The van der Waals surface area contributed by atoms with E-state index in [9.17, 15) is 25.9 Å². The summed E-state index contributed by atoms with van der Waals surface area (Å²) in [7, 11) is -9.00. The first kappa shape index (κ1) is 22.4. The van der Waals surface area contributed by atoms with Crippen LogP contribution < -0.4 is 4.57 Å². The molecule has 9 heteroatoms. The van der Waals surface area contributed by atoms with Crippen LogP contribution in [0.1, 0.15) is 31.4 Å². The molecule has 0 atom stereocenters. The zero-order valence-corrected chi connectivity index (χ0v) is 18.5. The zero-order chi connectivity index (χ0) is 22.3. The Hall–Kier alpha value is -2.33. The minimum absolute atomic E-state index is 0.109. The molecule has 3 rings (SSSR count). The number of pyridine rings is 1. The van der Waals surface area contributed by atoms with E-state index in [4.69, 9.17) is 0 Å². The average Bonchev–Trinajstić information content (AvgIpc) is 2.61. The maximum absolute atomic E-state index is 11.6. The van der Waals surface area contributed by atoms with Gasteiger partial charge in [0, 0.05) is 29.9 Å². The van der Waals surface area contributed by atoms with Gasteiger partial charge in [0.05, 0.1) is 25.8 Å². The van der Waals surface area contributed by atoms with E-state index in [1.807, 2.05) is 49.6 Å². The molecule has 0 fully saturated rings. The Balaban J connectivity index is 2.42. The number of nitrogens with zero attached hydrogens (tertiary/aromatic N) is 1. The SMILES string of the molecule is CC(C)=Cc1c2cc(C)ccc2[n+](CCCS(=O)(=O)[O-])c2ccc(S(=O)(=O)[O-])cc12. The highest BCUT2D eigenvalue weighted by molar-refractivity contribution is 7.86. The molecule has 7 nitrogen and oxygen atoms in total. The van der Waals surface area contributed by atoms with Gasteiger partial charge in [-0.3, -0.25) is 0 Å². The van der Waals surface area contributed by atoms with E-state index in [0.29, 0.717) is 10.9 Å². The van der Waals surface area contributed by atoms with Gasteiger partial charge in [0.15, 0.2) is 6.54 Å². The Bertz CT molecular complexity index is 1390. The smallest absolute Gasteiger partial charge is 0.213 e. The van der Waals surface area contributed by atoms with Gasteiger partial charge in [0.25, 0.3) is 0 Å². The first-order valence-electron chi connectivity index (χ1n) is 9.31. The molecule has 0 saturated carbocycles. The minimum atomic E-state index is -4.65. The molecule has 1 aromatic heterocycles. The first-order valence-corrected chi connectivity index (χ1v) is 12.3. The number of aromatic nitrogens is 1. The van der Waals surface area contributed by atoms with Crippen LogP contribution in [0.5, 0.6) is 0 Å². The fourth-order valence-corrected chi connectivity index (χ4v) is 4.56. The van der Waals surface area contributed by atoms with Gasteiger partial charge in [-0.1, -0.05) is 23.3 Å². The number of hydrogen-bond donors (Lipinski definition) is 0. The highest BCUT2D eigenvalue weighted by Gasteiger charge is 2.21. The van der Waals surface area contributed by atoms with Crippen molar-refractivity contribution in [2.24, 2.45) is 0 Å². The summed E-state index contributed by atoms with van der Waals surface area (Å²) < 4.78 is 69.9. The molecule has 2 aromatic carbocycles. The van der Waals surface area contributed by atoms with Gasteiger partial charge in [0.1, 0.15) is 10.1 Å². The average molecular weight is 449 g/mol. The van der Waals surface area contributed by atoms with Crippen molar-refractivity contribution in [3.8, 4) is 0 Å². The van der Waals surface area contributed by atoms with E-state index in [0.717, 1.165) is 27.6 Å². The van der Waals surface area contributed by atoms with Gasteiger partial charge in [-0.25, -0.2) is 16.8 Å². The molecule has 0 N–H and O–H groups in total. The highest BCUT2D eigenvalue weighted by atomic mass is 32.2. The zero-order valence-electron chi connectivity index (χ0n) is 16.9. The standard InChI is InChI=1S/C21H23NO6S2/c1-14(2)11-17-18-12-15(3)5-7-20(18)22(9-4-10-29(23,24)25)21-8-6-16(13-19(17)21)30(26,27)28/h5-8,11-13H,4,9-10H2,1-3H3,(H-,23,24,25,26,27,28)/p-1. The first-order chi connectivity index (χ1) is 13.9. The van der Waals surface area contributed by atoms with Crippen molar-refractivity contribution in [2.45, 2.75) is 38.6 Å². The van der Waals surface area contributed by atoms with Gasteiger partial charge in [-0.05, 0) is 39.0 Å². The lowest BCUT2D eigenvalue weighted by molar-refractivity contribution is -0.645. The molecule has 3 aromatic rings. The van der Waals surface area contributed by atoms with E-state index in [1.54, 1.807) is 6.07 Å². The van der Waals surface area contributed by atoms with Crippen LogP contribution in [0.2, 0.25) is 0 Å². The van der Waals surface area contributed by atoms with E-state index in [1.165, 1.54) is 12.1 Å². The molecule has 0 saturated heterocycles. The van der Waals surface area contributed by atoms with Crippen molar-refractivity contribution >= 4 is 48.1 Å². The molecule has 0 bridgehead atoms. The Kier molecular flexibility index (Phi) is 6.01. The van der Waals surface area contributed by atoms with E-state index in [-0.39, 0.29) is 17.9 Å². The summed E-state index contributed by atoms with van der Waals surface area (Å²) in [5, 5.41) is 1.41. The molecular formula is C21H22NO6S2-. The monoisotopic (exact) mass is 448 g/mol. The Morgan fingerprint density at radius 3 is 2.13 bits per heavy atom. The van der Waals surface area contributed by atoms with Crippen LogP contribution >= 0.6 is 0 Å². The molecule has 0 amide bonds. The van der Waals surface area contributed by atoms with Crippen LogP contribution in [0.25, 0.3) is 27.9 Å². The quantitative estimate of drug-likeness (QED) is 0.325. The number of benzene rings is 2. The molecule has 0 radical (unpaired) electrons. The lowest BCUT2D eigenvalue weighted by Crippen LogP contribution is -2.37. The van der Waals surface area contributed by atoms with Crippen LogP contribution in [0.4, 0.5) is 0 Å². The summed E-state index contributed by atoms with van der Waals surface area (Å²) in [6.07, 6.45) is 2.04. The number of fused-ring (bicyclic) bond motifs is 2. The van der Waals surface area contributed by atoms with Gasteiger partial charge in [-0.2, -0.15) is 4.57 Å². The van der Waals surface area contributed by atoms with Gasteiger partial charge >= 0.3 is 0 Å². The maximum Gasteiger partial charge on any atom is 0.213 e. The van der Waals surface area contributed by atoms with Crippen LogP contribution in [-0.4, -0.2) is 31.7 Å². The van der Waals surface area contributed by atoms with E-state index >= 15 is 0 Å². The van der Waals surface area contributed by atoms with Crippen molar-refractivity contribution in [1.82, 2.24) is 0 Å². The van der Waals surface area contributed by atoms with Crippen LogP contribution in [0, 0.1) is 6.92 Å². The number of hydrogen-bond acceptors (Lipinski definition) is 6. The number of rotatable bonds is 6. The molecule has 0 unspecified atom stereocenters. The summed E-state index contributed by atoms with van der Waals surface area (Å²) in [4.78, 5) is -0.334. The maximum atomic E-state index is 11.6. The third-order valence-corrected chi connectivity index (χ3v) is 6.40. The van der Waals surface area contributed by atoms with Gasteiger partial charge in [0.2, 0.25) is 11.0 Å².